The predicted molar refractivity (Wildman–Crippen MR) is 76.7 cm³/mol. The lowest BCUT2D eigenvalue weighted by atomic mass is 9.85. The summed E-state index contributed by atoms with van der Waals surface area (Å²) in [4.78, 5) is 2.87. The van der Waals surface area contributed by atoms with Crippen LogP contribution < -0.4 is 5.32 Å². The van der Waals surface area contributed by atoms with E-state index in [1.54, 1.807) is 0 Å². The fourth-order valence-electron chi connectivity index (χ4n) is 4.66. The predicted octanol–water partition coefficient (Wildman–Crippen LogP) is 2.89. The highest BCUT2D eigenvalue weighted by Gasteiger charge is 2.44. The molecular weight excluding hydrogens is 220 g/mol. The van der Waals surface area contributed by atoms with E-state index >= 15 is 0 Å². The Morgan fingerprint density at radius 2 is 1.94 bits per heavy atom. The van der Waals surface area contributed by atoms with Gasteiger partial charge in [0, 0.05) is 18.6 Å². The van der Waals surface area contributed by atoms with Crippen LogP contribution in [0.3, 0.4) is 0 Å². The smallest absolute Gasteiger partial charge is 0.0114 e. The number of nitrogens with one attached hydrogen (secondary N) is 1. The highest BCUT2D eigenvalue weighted by atomic mass is 15.2. The van der Waals surface area contributed by atoms with Crippen molar-refractivity contribution in [3.8, 4) is 0 Å². The molecule has 2 saturated heterocycles. The molecule has 1 N–H and O–H groups in total. The van der Waals surface area contributed by atoms with E-state index in [2.05, 4.69) is 31.0 Å². The van der Waals surface area contributed by atoms with Gasteiger partial charge in [0.15, 0.2) is 0 Å². The van der Waals surface area contributed by atoms with Gasteiger partial charge in [-0.3, -0.25) is 4.90 Å². The molecule has 0 bridgehead atoms. The molecule has 0 aromatic rings. The Morgan fingerprint density at radius 1 is 1.11 bits per heavy atom. The second kappa shape index (κ2) is 4.79. The lowest BCUT2D eigenvalue weighted by molar-refractivity contribution is 0.151. The normalized spacial score (nSPS) is 44.8. The molecule has 2 heteroatoms. The quantitative estimate of drug-likeness (QED) is 0.720. The second-order valence-corrected chi connectivity index (χ2v) is 7.77. The molecule has 0 radical (unpaired) electrons. The Kier molecular flexibility index (Phi) is 3.44. The van der Waals surface area contributed by atoms with Crippen molar-refractivity contribution in [2.24, 2.45) is 17.3 Å². The molecule has 4 atom stereocenters. The fraction of sp³-hybridized carbons (Fsp3) is 1.00. The minimum absolute atomic E-state index is 0.592. The van der Waals surface area contributed by atoms with Crippen LogP contribution in [0, 0.1) is 17.3 Å². The van der Waals surface area contributed by atoms with Gasteiger partial charge in [-0.25, -0.2) is 0 Å². The van der Waals surface area contributed by atoms with Crippen molar-refractivity contribution in [1.29, 1.82) is 0 Å². The van der Waals surface area contributed by atoms with Gasteiger partial charge < -0.3 is 5.32 Å². The van der Waals surface area contributed by atoms with Crippen molar-refractivity contribution in [1.82, 2.24) is 10.2 Å². The zero-order valence-corrected chi connectivity index (χ0v) is 12.4. The summed E-state index contributed by atoms with van der Waals surface area (Å²) in [5, 5.41) is 3.58. The summed E-state index contributed by atoms with van der Waals surface area (Å²) < 4.78 is 0. The Labute approximate surface area is 113 Å². The van der Waals surface area contributed by atoms with Crippen LogP contribution >= 0.6 is 0 Å². The van der Waals surface area contributed by atoms with Crippen LogP contribution in [0.25, 0.3) is 0 Å². The highest BCUT2D eigenvalue weighted by Crippen LogP contribution is 2.40. The van der Waals surface area contributed by atoms with Gasteiger partial charge in [-0.05, 0) is 62.9 Å². The van der Waals surface area contributed by atoms with Gasteiger partial charge in [0.2, 0.25) is 0 Å². The van der Waals surface area contributed by atoms with E-state index in [9.17, 15) is 0 Å². The maximum atomic E-state index is 3.58. The van der Waals surface area contributed by atoms with Gasteiger partial charge in [-0.1, -0.05) is 20.3 Å². The SMILES string of the molecule is CC1C2CNCC2CN1C1CCCC(C)(C)CC1. The van der Waals surface area contributed by atoms with Gasteiger partial charge in [-0.15, -0.1) is 0 Å². The summed E-state index contributed by atoms with van der Waals surface area (Å²) in [6, 6.07) is 1.70. The molecule has 3 fully saturated rings. The third-order valence-corrected chi connectivity index (χ3v) is 5.99. The topological polar surface area (TPSA) is 15.3 Å². The van der Waals surface area contributed by atoms with E-state index in [1.165, 1.54) is 51.7 Å². The third kappa shape index (κ3) is 2.34. The van der Waals surface area contributed by atoms with Crippen LogP contribution in [0.4, 0.5) is 0 Å². The summed E-state index contributed by atoms with van der Waals surface area (Å²) in [5.74, 6) is 1.87. The monoisotopic (exact) mass is 250 g/mol. The van der Waals surface area contributed by atoms with Crippen LogP contribution in [0.15, 0.2) is 0 Å². The zero-order chi connectivity index (χ0) is 12.8. The van der Waals surface area contributed by atoms with Crippen LogP contribution in [0.5, 0.6) is 0 Å². The summed E-state index contributed by atoms with van der Waals surface area (Å²) in [6.07, 6.45) is 7.17. The van der Waals surface area contributed by atoms with Gasteiger partial charge in [0.1, 0.15) is 0 Å². The van der Waals surface area contributed by atoms with Crippen molar-refractivity contribution in [2.45, 2.75) is 65.0 Å². The molecule has 4 unspecified atom stereocenters. The molecule has 3 rings (SSSR count). The minimum Gasteiger partial charge on any atom is -0.316 e. The van der Waals surface area contributed by atoms with E-state index < -0.39 is 0 Å². The van der Waals surface area contributed by atoms with E-state index in [4.69, 9.17) is 0 Å². The molecule has 18 heavy (non-hydrogen) atoms. The molecule has 2 nitrogen and oxygen atoms in total. The average Bonchev–Trinajstić information content (AvgIpc) is 2.82. The minimum atomic E-state index is 0.592. The van der Waals surface area contributed by atoms with Crippen molar-refractivity contribution >= 4 is 0 Å². The summed E-state index contributed by atoms with van der Waals surface area (Å²) in [5.41, 5.74) is 0.592. The Hall–Kier alpha value is -0.0800. The largest absolute Gasteiger partial charge is 0.316 e. The number of fused-ring (bicyclic) bond motifs is 1. The Balaban J connectivity index is 1.65. The molecule has 0 amide bonds. The van der Waals surface area contributed by atoms with Crippen LogP contribution in [0.2, 0.25) is 0 Å². The van der Waals surface area contributed by atoms with Crippen LogP contribution in [-0.4, -0.2) is 36.6 Å². The van der Waals surface area contributed by atoms with E-state index in [-0.39, 0.29) is 0 Å². The third-order valence-electron chi connectivity index (χ3n) is 5.99. The number of hydrogen-bond donors (Lipinski definition) is 1. The summed E-state index contributed by atoms with van der Waals surface area (Å²) >= 11 is 0. The Morgan fingerprint density at radius 3 is 2.72 bits per heavy atom. The summed E-state index contributed by atoms with van der Waals surface area (Å²) in [6.45, 7) is 11.3. The Bertz CT molecular complexity index is 299. The molecule has 2 aliphatic heterocycles. The van der Waals surface area contributed by atoms with Crippen molar-refractivity contribution < 1.29 is 0 Å². The molecule has 2 heterocycles. The average molecular weight is 250 g/mol. The zero-order valence-electron chi connectivity index (χ0n) is 12.4. The van der Waals surface area contributed by atoms with E-state index in [1.807, 2.05) is 0 Å². The first kappa shape index (κ1) is 12.9. The van der Waals surface area contributed by atoms with Gasteiger partial charge in [0.25, 0.3) is 0 Å². The maximum Gasteiger partial charge on any atom is 0.0114 e. The number of rotatable bonds is 1. The van der Waals surface area contributed by atoms with Crippen molar-refractivity contribution in [3.05, 3.63) is 0 Å². The molecule has 0 aromatic heterocycles. The molecular formula is C16H30N2. The summed E-state index contributed by atoms with van der Waals surface area (Å²) in [7, 11) is 0. The first-order valence-electron chi connectivity index (χ1n) is 8.03. The fourth-order valence-corrected chi connectivity index (χ4v) is 4.66. The van der Waals surface area contributed by atoms with Gasteiger partial charge in [0.05, 0.1) is 0 Å². The van der Waals surface area contributed by atoms with E-state index in [0.29, 0.717) is 5.41 Å². The lowest BCUT2D eigenvalue weighted by Crippen LogP contribution is -2.41. The first-order chi connectivity index (χ1) is 8.57. The molecule has 3 aliphatic rings. The van der Waals surface area contributed by atoms with Gasteiger partial charge >= 0.3 is 0 Å². The molecule has 104 valence electrons. The lowest BCUT2D eigenvalue weighted by Gasteiger charge is -2.33. The molecule has 0 spiro atoms. The van der Waals surface area contributed by atoms with Crippen LogP contribution in [-0.2, 0) is 0 Å². The number of hydrogen-bond acceptors (Lipinski definition) is 2. The van der Waals surface area contributed by atoms with Gasteiger partial charge in [-0.2, -0.15) is 0 Å². The van der Waals surface area contributed by atoms with Crippen molar-refractivity contribution in [2.75, 3.05) is 19.6 Å². The van der Waals surface area contributed by atoms with Crippen LogP contribution in [0.1, 0.15) is 52.9 Å². The second-order valence-electron chi connectivity index (χ2n) is 7.77. The maximum absolute atomic E-state index is 3.58. The first-order valence-corrected chi connectivity index (χ1v) is 8.03. The van der Waals surface area contributed by atoms with E-state index in [0.717, 1.165) is 23.9 Å². The number of likely N-dealkylation sites (tertiary alicyclic amines) is 1. The highest BCUT2D eigenvalue weighted by molar-refractivity contribution is 4.99. The molecule has 1 aliphatic carbocycles. The molecule has 0 aromatic carbocycles. The number of nitrogens with zero attached hydrogens (tertiary/aromatic N) is 1. The standard InChI is InChI=1S/C16H30N2/c1-12-15-10-17-9-13(15)11-18(12)14-5-4-7-16(2,3)8-6-14/h12-15,17H,4-11H2,1-3H3. The molecule has 1 saturated carbocycles. The van der Waals surface area contributed by atoms with Crippen molar-refractivity contribution in [3.63, 3.8) is 0 Å².